The maximum absolute atomic E-state index is 11.7. The minimum Gasteiger partial charge on any atom is -0.480 e. The lowest BCUT2D eigenvalue weighted by molar-refractivity contribution is -0.123. The van der Waals surface area contributed by atoms with Crippen molar-refractivity contribution in [1.82, 2.24) is 5.32 Å². The maximum atomic E-state index is 11.7. The van der Waals surface area contributed by atoms with Gasteiger partial charge >= 0.3 is 0 Å². The largest absolute Gasteiger partial charge is 0.480 e. The lowest BCUT2D eigenvalue weighted by Crippen LogP contribution is -2.36. The Hall–Kier alpha value is -0.940. The average Bonchev–Trinajstić information content (AvgIpc) is 2.80. The predicted octanol–water partition coefficient (Wildman–Crippen LogP) is 3.12. The van der Waals surface area contributed by atoms with Gasteiger partial charge in [0.25, 0.3) is 5.91 Å². The van der Waals surface area contributed by atoms with Gasteiger partial charge in [0.2, 0.25) is 0 Å². The Bertz CT molecular complexity index is 453. The van der Waals surface area contributed by atoms with Crippen LogP contribution in [-0.4, -0.2) is 18.6 Å². The molecule has 3 N–H and O–H groups in total. The van der Waals surface area contributed by atoms with Crippen LogP contribution in [0.1, 0.15) is 25.7 Å². The molecule has 0 aromatic heterocycles. The Morgan fingerprint density at radius 1 is 1.47 bits per heavy atom. The number of hydrogen-bond donors (Lipinski definition) is 2. The number of halogens is 2. The Balaban J connectivity index is 1.89. The van der Waals surface area contributed by atoms with Crippen LogP contribution in [0.5, 0.6) is 5.75 Å². The summed E-state index contributed by atoms with van der Waals surface area (Å²) in [5, 5.41) is 3.47. The van der Waals surface area contributed by atoms with E-state index in [1.165, 1.54) is 12.8 Å². The smallest absolute Gasteiger partial charge is 0.258 e. The third kappa shape index (κ3) is 4.01. The molecule has 1 aliphatic carbocycles. The highest BCUT2D eigenvalue weighted by Gasteiger charge is 2.18. The molecule has 0 unspecified atom stereocenters. The normalized spacial score (nSPS) is 15.5. The van der Waals surface area contributed by atoms with E-state index in [0.717, 1.165) is 12.8 Å². The molecule has 0 spiro atoms. The summed E-state index contributed by atoms with van der Waals surface area (Å²) in [5.41, 5.74) is 6.21. The number of nitrogens with one attached hydrogen (secondary N) is 1. The first kappa shape index (κ1) is 14.5. The van der Waals surface area contributed by atoms with Gasteiger partial charge in [0.05, 0.1) is 10.2 Å². The minimum atomic E-state index is -0.117. The van der Waals surface area contributed by atoms with Gasteiger partial charge in [0, 0.05) is 11.1 Å². The summed E-state index contributed by atoms with van der Waals surface area (Å²) in [6.45, 7) is -0.0407. The zero-order valence-electron chi connectivity index (χ0n) is 10.4. The molecule has 0 saturated heterocycles. The zero-order chi connectivity index (χ0) is 13.8. The molecule has 2 rings (SSSR count). The quantitative estimate of drug-likeness (QED) is 0.823. The monoisotopic (exact) mass is 346 g/mol. The summed E-state index contributed by atoms with van der Waals surface area (Å²) in [5.74, 6) is 0.333. The lowest BCUT2D eigenvalue weighted by Gasteiger charge is -2.14. The van der Waals surface area contributed by atoms with E-state index in [4.69, 9.17) is 22.1 Å². The van der Waals surface area contributed by atoms with Gasteiger partial charge in [-0.25, -0.2) is 0 Å². The second-order valence-corrected chi connectivity index (χ2v) is 5.93. The molecule has 1 aromatic rings. The van der Waals surface area contributed by atoms with Crippen molar-refractivity contribution in [2.75, 3.05) is 12.3 Å². The zero-order valence-corrected chi connectivity index (χ0v) is 12.8. The predicted molar refractivity (Wildman–Crippen MR) is 79.5 cm³/mol. The number of amides is 1. The topological polar surface area (TPSA) is 64.3 Å². The second kappa shape index (κ2) is 6.48. The van der Waals surface area contributed by atoms with Gasteiger partial charge in [-0.1, -0.05) is 24.4 Å². The summed E-state index contributed by atoms with van der Waals surface area (Å²) >= 11 is 9.17. The van der Waals surface area contributed by atoms with Crippen LogP contribution >= 0.6 is 27.5 Å². The summed E-state index contributed by atoms with van der Waals surface area (Å²) < 4.78 is 6.10. The molecule has 1 aliphatic rings. The number of rotatable bonds is 4. The van der Waals surface area contributed by atoms with Crippen LogP contribution in [0.3, 0.4) is 0 Å². The SMILES string of the molecule is Nc1cc(Cl)cc(Br)c1OCC(=O)NC1CCCC1. The van der Waals surface area contributed by atoms with E-state index in [1.54, 1.807) is 12.1 Å². The number of nitrogens with two attached hydrogens (primary N) is 1. The van der Waals surface area contributed by atoms with Crippen LogP contribution in [0.4, 0.5) is 5.69 Å². The Kier molecular flexibility index (Phi) is 4.93. The van der Waals surface area contributed by atoms with E-state index in [2.05, 4.69) is 21.2 Å². The number of ether oxygens (including phenoxy) is 1. The molecule has 4 nitrogen and oxygen atoms in total. The van der Waals surface area contributed by atoms with Gasteiger partial charge in [-0.05, 0) is 40.9 Å². The first-order chi connectivity index (χ1) is 9.06. The van der Waals surface area contributed by atoms with Crippen LogP contribution in [0.25, 0.3) is 0 Å². The Morgan fingerprint density at radius 3 is 2.79 bits per heavy atom. The Labute approximate surface area is 125 Å². The molecule has 0 bridgehead atoms. The third-order valence-corrected chi connectivity index (χ3v) is 3.91. The summed E-state index contributed by atoms with van der Waals surface area (Å²) in [6, 6.07) is 3.57. The molecule has 104 valence electrons. The summed E-state index contributed by atoms with van der Waals surface area (Å²) in [7, 11) is 0. The second-order valence-electron chi connectivity index (χ2n) is 4.64. The van der Waals surface area contributed by atoms with Crippen molar-refractivity contribution in [3.8, 4) is 5.75 Å². The number of carbonyl (C=O) groups is 1. The maximum Gasteiger partial charge on any atom is 0.258 e. The molecule has 0 radical (unpaired) electrons. The highest BCUT2D eigenvalue weighted by molar-refractivity contribution is 9.10. The van der Waals surface area contributed by atoms with E-state index in [0.29, 0.717) is 27.0 Å². The van der Waals surface area contributed by atoms with Crippen LogP contribution in [0.2, 0.25) is 5.02 Å². The fourth-order valence-electron chi connectivity index (χ4n) is 2.21. The van der Waals surface area contributed by atoms with Crippen LogP contribution < -0.4 is 15.8 Å². The third-order valence-electron chi connectivity index (χ3n) is 3.10. The molecule has 6 heteroatoms. The molecule has 0 aliphatic heterocycles. The van der Waals surface area contributed by atoms with E-state index in [1.807, 2.05) is 0 Å². The van der Waals surface area contributed by atoms with E-state index < -0.39 is 0 Å². The fraction of sp³-hybridized carbons (Fsp3) is 0.462. The van der Waals surface area contributed by atoms with E-state index in [-0.39, 0.29) is 12.5 Å². The van der Waals surface area contributed by atoms with Gasteiger partial charge < -0.3 is 15.8 Å². The van der Waals surface area contributed by atoms with Crippen molar-refractivity contribution in [2.24, 2.45) is 0 Å². The first-order valence-electron chi connectivity index (χ1n) is 6.23. The van der Waals surface area contributed by atoms with Crippen LogP contribution in [-0.2, 0) is 4.79 Å². The molecule has 0 atom stereocenters. The summed E-state index contributed by atoms with van der Waals surface area (Å²) in [4.78, 5) is 11.7. The van der Waals surface area contributed by atoms with Gasteiger partial charge in [-0.2, -0.15) is 0 Å². The number of nitrogen functional groups attached to an aromatic ring is 1. The fourth-order valence-corrected chi connectivity index (χ4v) is 3.16. The molecule has 1 fully saturated rings. The standard InChI is InChI=1S/C13H16BrClN2O2/c14-10-5-8(15)6-11(16)13(10)19-7-12(18)17-9-3-1-2-4-9/h5-6,9H,1-4,7,16H2,(H,17,18). The number of anilines is 1. The average molecular weight is 348 g/mol. The van der Waals surface area contributed by atoms with Crippen molar-refractivity contribution >= 4 is 39.1 Å². The van der Waals surface area contributed by atoms with Gasteiger partial charge in [0.15, 0.2) is 12.4 Å². The minimum absolute atomic E-state index is 0.0407. The van der Waals surface area contributed by atoms with Gasteiger partial charge in [-0.3, -0.25) is 4.79 Å². The molecule has 1 saturated carbocycles. The van der Waals surface area contributed by atoms with Crippen molar-refractivity contribution in [3.05, 3.63) is 21.6 Å². The molecule has 1 aromatic carbocycles. The molecule has 1 amide bonds. The first-order valence-corrected chi connectivity index (χ1v) is 7.40. The van der Waals surface area contributed by atoms with Crippen LogP contribution in [0, 0.1) is 0 Å². The van der Waals surface area contributed by atoms with Crippen molar-refractivity contribution < 1.29 is 9.53 Å². The molecule has 0 heterocycles. The lowest BCUT2D eigenvalue weighted by atomic mass is 10.2. The van der Waals surface area contributed by atoms with Crippen molar-refractivity contribution in [1.29, 1.82) is 0 Å². The molecular formula is C13H16BrClN2O2. The molecule has 19 heavy (non-hydrogen) atoms. The van der Waals surface area contributed by atoms with Gasteiger partial charge in [-0.15, -0.1) is 0 Å². The summed E-state index contributed by atoms with van der Waals surface area (Å²) in [6.07, 6.45) is 4.47. The highest BCUT2D eigenvalue weighted by atomic mass is 79.9. The highest BCUT2D eigenvalue weighted by Crippen LogP contribution is 2.34. The number of benzene rings is 1. The number of hydrogen-bond acceptors (Lipinski definition) is 3. The van der Waals surface area contributed by atoms with Crippen LogP contribution in [0.15, 0.2) is 16.6 Å². The Morgan fingerprint density at radius 2 is 2.16 bits per heavy atom. The number of carbonyl (C=O) groups excluding carboxylic acids is 1. The van der Waals surface area contributed by atoms with Gasteiger partial charge in [0.1, 0.15) is 0 Å². The molecular weight excluding hydrogens is 332 g/mol. The van der Waals surface area contributed by atoms with E-state index >= 15 is 0 Å². The van der Waals surface area contributed by atoms with Crippen molar-refractivity contribution in [2.45, 2.75) is 31.7 Å². The van der Waals surface area contributed by atoms with Crippen molar-refractivity contribution in [3.63, 3.8) is 0 Å². The van der Waals surface area contributed by atoms with E-state index in [9.17, 15) is 4.79 Å².